The van der Waals surface area contributed by atoms with Gasteiger partial charge in [-0.3, -0.25) is 4.79 Å². The fraction of sp³-hybridized carbons (Fsp3) is 0.300. The zero-order valence-electron chi connectivity index (χ0n) is 9.25. The number of benzene rings is 1. The van der Waals surface area contributed by atoms with Crippen LogP contribution in [0.5, 0.6) is 0 Å². The van der Waals surface area contributed by atoms with Crippen LogP contribution in [-0.2, 0) is 21.4 Å². The van der Waals surface area contributed by atoms with Crippen molar-refractivity contribution in [3.63, 3.8) is 0 Å². The van der Waals surface area contributed by atoms with Crippen LogP contribution in [0.1, 0.15) is 12.5 Å². The number of anilines is 1. The summed E-state index contributed by atoms with van der Waals surface area (Å²) in [7, 11) is -3.85. The first-order valence-corrected chi connectivity index (χ1v) is 6.43. The molecule has 1 unspecified atom stereocenters. The minimum atomic E-state index is -3.85. The molecule has 0 aliphatic heterocycles. The van der Waals surface area contributed by atoms with Crippen molar-refractivity contribution < 1.29 is 18.3 Å². The van der Waals surface area contributed by atoms with E-state index in [-0.39, 0.29) is 6.54 Å². The first-order chi connectivity index (χ1) is 7.83. The highest BCUT2D eigenvalue weighted by Gasteiger charge is 2.26. The number of nitrogens with two attached hydrogens (primary N) is 1. The van der Waals surface area contributed by atoms with Gasteiger partial charge < -0.3 is 10.8 Å². The number of aliphatic carboxylic acids is 1. The summed E-state index contributed by atoms with van der Waals surface area (Å²) in [5.41, 5.74) is 6.77. The van der Waals surface area contributed by atoms with Crippen LogP contribution in [0.4, 0.5) is 5.69 Å². The molecule has 6 nitrogen and oxygen atoms in total. The van der Waals surface area contributed by atoms with Crippen LogP contribution in [0.2, 0.25) is 0 Å². The molecule has 0 bridgehead atoms. The lowest BCUT2D eigenvalue weighted by molar-refractivity contribution is -0.136. The third-order valence-corrected chi connectivity index (χ3v) is 3.95. The van der Waals surface area contributed by atoms with E-state index in [4.69, 9.17) is 10.8 Å². The second kappa shape index (κ2) is 5.15. The highest BCUT2D eigenvalue weighted by molar-refractivity contribution is 7.90. The zero-order valence-corrected chi connectivity index (χ0v) is 10.1. The van der Waals surface area contributed by atoms with E-state index in [0.29, 0.717) is 11.3 Å². The van der Waals surface area contributed by atoms with E-state index in [9.17, 15) is 13.2 Å². The van der Waals surface area contributed by atoms with Gasteiger partial charge in [0.2, 0.25) is 10.0 Å². The van der Waals surface area contributed by atoms with Gasteiger partial charge >= 0.3 is 5.97 Å². The van der Waals surface area contributed by atoms with Crippen molar-refractivity contribution in [2.75, 3.05) is 5.73 Å². The summed E-state index contributed by atoms with van der Waals surface area (Å²) in [5.74, 6) is -1.38. The molecule has 0 saturated carbocycles. The summed E-state index contributed by atoms with van der Waals surface area (Å²) in [6.45, 7) is 1.16. The van der Waals surface area contributed by atoms with Gasteiger partial charge in [0.25, 0.3) is 0 Å². The predicted octanol–water partition coefficient (Wildman–Crippen LogP) is 0.161. The Morgan fingerprint density at radius 3 is 2.41 bits per heavy atom. The zero-order chi connectivity index (χ0) is 13.1. The molecule has 0 aromatic heterocycles. The molecule has 1 aromatic carbocycles. The smallest absolute Gasteiger partial charge is 0.323 e. The molecule has 0 aliphatic rings. The van der Waals surface area contributed by atoms with Crippen LogP contribution < -0.4 is 10.5 Å². The molecule has 7 heteroatoms. The lowest BCUT2D eigenvalue weighted by Crippen LogP contribution is -2.37. The molecule has 17 heavy (non-hydrogen) atoms. The lowest BCUT2D eigenvalue weighted by Gasteiger charge is -2.10. The second-order valence-electron chi connectivity index (χ2n) is 3.59. The van der Waals surface area contributed by atoms with Gasteiger partial charge in [0, 0.05) is 12.2 Å². The Kier molecular flexibility index (Phi) is 4.08. The second-order valence-corrected chi connectivity index (χ2v) is 5.67. The quantitative estimate of drug-likeness (QED) is 0.652. The summed E-state index contributed by atoms with van der Waals surface area (Å²) < 4.78 is 25.2. The molecule has 0 aliphatic carbocycles. The molecule has 0 radical (unpaired) electrons. The van der Waals surface area contributed by atoms with E-state index in [1.165, 1.54) is 0 Å². The molecular formula is C10H14N2O4S. The van der Waals surface area contributed by atoms with Gasteiger partial charge in [-0.05, 0) is 24.6 Å². The van der Waals surface area contributed by atoms with Gasteiger partial charge in [-0.25, -0.2) is 13.1 Å². The van der Waals surface area contributed by atoms with Crippen molar-refractivity contribution in [1.29, 1.82) is 0 Å². The van der Waals surface area contributed by atoms with Crippen molar-refractivity contribution in [2.45, 2.75) is 18.7 Å². The van der Waals surface area contributed by atoms with Crippen LogP contribution in [0, 0.1) is 0 Å². The number of sulfonamides is 1. The molecule has 4 N–H and O–H groups in total. The van der Waals surface area contributed by atoms with Crippen LogP contribution in [0.3, 0.4) is 0 Å². The van der Waals surface area contributed by atoms with E-state index in [1.54, 1.807) is 24.3 Å². The molecule has 0 spiro atoms. The topological polar surface area (TPSA) is 109 Å². The lowest BCUT2D eigenvalue weighted by atomic mass is 10.2. The highest BCUT2D eigenvalue weighted by Crippen LogP contribution is 2.06. The molecule has 0 heterocycles. The van der Waals surface area contributed by atoms with Crippen molar-refractivity contribution in [2.24, 2.45) is 0 Å². The number of hydrogen-bond donors (Lipinski definition) is 3. The summed E-state index contributed by atoms with van der Waals surface area (Å²) in [4.78, 5) is 10.6. The maximum Gasteiger partial charge on any atom is 0.323 e. The molecule has 94 valence electrons. The maximum absolute atomic E-state index is 11.5. The Hall–Kier alpha value is -1.60. The summed E-state index contributed by atoms with van der Waals surface area (Å²) >= 11 is 0. The van der Waals surface area contributed by atoms with Crippen molar-refractivity contribution in [1.82, 2.24) is 4.72 Å². The Morgan fingerprint density at radius 2 is 1.94 bits per heavy atom. The normalized spacial score (nSPS) is 13.2. The fourth-order valence-electron chi connectivity index (χ4n) is 1.08. The number of carboxylic acids is 1. The maximum atomic E-state index is 11.5. The molecule has 1 rings (SSSR count). The van der Waals surface area contributed by atoms with Crippen LogP contribution in [0.25, 0.3) is 0 Å². The minimum absolute atomic E-state index is 0.0419. The summed E-state index contributed by atoms with van der Waals surface area (Å²) in [5, 5.41) is 7.14. The minimum Gasteiger partial charge on any atom is -0.480 e. The number of carboxylic acid groups (broad SMARTS) is 1. The van der Waals surface area contributed by atoms with Crippen LogP contribution in [0.15, 0.2) is 24.3 Å². The van der Waals surface area contributed by atoms with Crippen molar-refractivity contribution in [3.8, 4) is 0 Å². The van der Waals surface area contributed by atoms with Gasteiger partial charge in [0.05, 0.1) is 0 Å². The van der Waals surface area contributed by atoms with Crippen LogP contribution in [-0.4, -0.2) is 24.7 Å². The van der Waals surface area contributed by atoms with E-state index in [0.717, 1.165) is 6.92 Å². The van der Waals surface area contributed by atoms with Gasteiger partial charge in [0.15, 0.2) is 5.25 Å². The Balaban J connectivity index is 2.68. The van der Waals surface area contributed by atoms with E-state index >= 15 is 0 Å². The summed E-state index contributed by atoms with van der Waals surface area (Å²) in [6, 6.07) is 6.63. The van der Waals surface area contributed by atoms with Crippen LogP contribution >= 0.6 is 0 Å². The predicted molar refractivity (Wildman–Crippen MR) is 63.7 cm³/mol. The van der Waals surface area contributed by atoms with E-state index in [1.807, 2.05) is 0 Å². The third kappa shape index (κ3) is 3.72. The monoisotopic (exact) mass is 258 g/mol. The first kappa shape index (κ1) is 13.5. The Labute approximate surface area is 99.5 Å². The number of hydrogen-bond acceptors (Lipinski definition) is 4. The average molecular weight is 258 g/mol. The molecule has 1 atom stereocenters. The number of rotatable bonds is 5. The first-order valence-electron chi connectivity index (χ1n) is 4.88. The van der Waals surface area contributed by atoms with Crippen molar-refractivity contribution in [3.05, 3.63) is 29.8 Å². The van der Waals surface area contributed by atoms with E-state index < -0.39 is 21.2 Å². The van der Waals surface area contributed by atoms with Gasteiger partial charge in [-0.15, -0.1) is 0 Å². The molecule has 0 saturated heterocycles. The molecular weight excluding hydrogens is 244 g/mol. The molecule has 0 amide bonds. The molecule has 0 fully saturated rings. The Bertz CT molecular complexity index is 496. The number of carbonyl (C=O) groups is 1. The number of nitrogens with one attached hydrogen (secondary N) is 1. The van der Waals surface area contributed by atoms with Gasteiger partial charge in [0.1, 0.15) is 0 Å². The highest BCUT2D eigenvalue weighted by atomic mass is 32.2. The number of nitrogen functional groups attached to an aromatic ring is 1. The third-order valence-electron chi connectivity index (χ3n) is 2.27. The Morgan fingerprint density at radius 1 is 1.41 bits per heavy atom. The fourth-order valence-corrected chi connectivity index (χ4v) is 1.96. The van der Waals surface area contributed by atoms with Gasteiger partial charge in [-0.1, -0.05) is 12.1 Å². The molecule has 1 aromatic rings. The van der Waals surface area contributed by atoms with Gasteiger partial charge in [-0.2, -0.15) is 0 Å². The SMILES string of the molecule is CC(C(=O)O)S(=O)(=O)NCc1ccc(N)cc1. The average Bonchev–Trinajstić information content (AvgIpc) is 2.27. The van der Waals surface area contributed by atoms with Crippen molar-refractivity contribution >= 4 is 21.7 Å². The summed E-state index contributed by atoms with van der Waals surface area (Å²) in [6.07, 6.45) is 0. The van der Waals surface area contributed by atoms with E-state index in [2.05, 4.69) is 4.72 Å². The largest absolute Gasteiger partial charge is 0.480 e. The standard InChI is InChI=1S/C10H14N2O4S/c1-7(10(13)14)17(15,16)12-6-8-2-4-9(11)5-3-8/h2-5,7,12H,6,11H2,1H3,(H,13,14).